The summed E-state index contributed by atoms with van der Waals surface area (Å²) in [5, 5.41) is 6.00. The molecular weight excluding hydrogens is 320 g/mol. The van der Waals surface area contributed by atoms with E-state index in [0.29, 0.717) is 5.75 Å². The first kappa shape index (κ1) is 17.9. The molecule has 0 unspecified atom stereocenters. The molecule has 1 amide bonds. The van der Waals surface area contributed by atoms with E-state index < -0.39 is 0 Å². The minimum Gasteiger partial charge on any atom is -0.483 e. The highest BCUT2D eigenvalue weighted by Gasteiger charge is 2.10. The number of nitrogens with one attached hydrogen (secondary N) is 2. The molecule has 4 nitrogen and oxygen atoms in total. The third-order valence-corrected chi connectivity index (χ3v) is 3.82. The van der Waals surface area contributed by atoms with Crippen molar-refractivity contribution in [1.82, 2.24) is 5.32 Å². The van der Waals surface area contributed by atoms with Crippen LogP contribution in [0.25, 0.3) is 0 Å². The predicted octanol–water partition coefficient (Wildman–Crippen LogP) is 3.81. The Kier molecular flexibility index (Phi) is 5.93. The van der Waals surface area contributed by atoms with Gasteiger partial charge in [0.2, 0.25) is 0 Å². The van der Waals surface area contributed by atoms with E-state index in [9.17, 15) is 4.79 Å². The van der Waals surface area contributed by atoms with Gasteiger partial charge in [-0.15, -0.1) is 0 Å². The molecule has 126 valence electrons. The molecule has 0 fully saturated rings. The number of amides is 1. The molecule has 0 saturated heterocycles. The SMILES string of the molecule is Cc1cc(C)c(NC(=S)NC(=O)COc2ccccc2C)c(C)c1. The molecule has 0 saturated carbocycles. The van der Waals surface area contributed by atoms with Gasteiger partial charge in [0.15, 0.2) is 11.7 Å². The van der Waals surface area contributed by atoms with Gasteiger partial charge >= 0.3 is 0 Å². The van der Waals surface area contributed by atoms with Gasteiger partial charge in [-0.3, -0.25) is 10.1 Å². The zero-order chi connectivity index (χ0) is 17.7. The molecule has 0 atom stereocenters. The number of anilines is 1. The Morgan fingerprint density at radius 2 is 1.67 bits per heavy atom. The standard InChI is InChI=1S/C19H22N2O2S/c1-12-9-14(3)18(15(4)10-12)21-19(24)20-17(22)11-23-16-8-6-5-7-13(16)2/h5-10H,11H2,1-4H3,(H2,20,21,22,24). The van der Waals surface area contributed by atoms with Crippen molar-refractivity contribution in [3.63, 3.8) is 0 Å². The third-order valence-electron chi connectivity index (χ3n) is 3.62. The van der Waals surface area contributed by atoms with Crippen molar-refractivity contribution in [2.75, 3.05) is 11.9 Å². The average Bonchev–Trinajstić information content (AvgIpc) is 2.50. The molecule has 2 aromatic rings. The lowest BCUT2D eigenvalue weighted by Crippen LogP contribution is -2.37. The lowest BCUT2D eigenvalue weighted by atomic mass is 10.1. The molecule has 24 heavy (non-hydrogen) atoms. The van der Waals surface area contributed by atoms with Crippen LogP contribution in [0.2, 0.25) is 0 Å². The molecule has 0 aliphatic heterocycles. The van der Waals surface area contributed by atoms with Crippen LogP contribution in [-0.2, 0) is 4.79 Å². The Hall–Kier alpha value is -2.40. The monoisotopic (exact) mass is 342 g/mol. The van der Waals surface area contributed by atoms with Gasteiger partial charge in [0.25, 0.3) is 5.91 Å². The van der Waals surface area contributed by atoms with Crippen LogP contribution in [0.15, 0.2) is 36.4 Å². The summed E-state index contributed by atoms with van der Waals surface area (Å²) in [7, 11) is 0. The van der Waals surface area contributed by atoms with Crippen LogP contribution in [0.1, 0.15) is 22.3 Å². The molecule has 2 rings (SSSR count). The van der Waals surface area contributed by atoms with E-state index in [1.807, 2.05) is 52.0 Å². The molecule has 0 bridgehead atoms. The van der Waals surface area contributed by atoms with Crippen molar-refractivity contribution >= 4 is 28.9 Å². The number of aryl methyl sites for hydroxylation is 4. The molecule has 0 radical (unpaired) electrons. The fourth-order valence-electron chi connectivity index (χ4n) is 2.55. The summed E-state index contributed by atoms with van der Waals surface area (Å²) in [6.07, 6.45) is 0. The molecule has 5 heteroatoms. The summed E-state index contributed by atoms with van der Waals surface area (Å²) >= 11 is 5.22. The van der Waals surface area contributed by atoms with Crippen LogP contribution >= 0.6 is 12.2 Å². The van der Waals surface area contributed by atoms with Crippen molar-refractivity contribution < 1.29 is 9.53 Å². The Morgan fingerprint density at radius 3 is 2.29 bits per heavy atom. The minimum absolute atomic E-state index is 0.0848. The minimum atomic E-state index is -0.293. The summed E-state index contributed by atoms with van der Waals surface area (Å²) in [6, 6.07) is 11.7. The van der Waals surface area contributed by atoms with E-state index in [0.717, 1.165) is 22.4 Å². The van der Waals surface area contributed by atoms with Crippen LogP contribution in [0.5, 0.6) is 5.75 Å². The van der Waals surface area contributed by atoms with E-state index in [2.05, 4.69) is 22.8 Å². The van der Waals surface area contributed by atoms with Gasteiger partial charge in [0.05, 0.1) is 0 Å². The highest BCUT2D eigenvalue weighted by molar-refractivity contribution is 7.80. The van der Waals surface area contributed by atoms with Crippen LogP contribution < -0.4 is 15.4 Å². The van der Waals surface area contributed by atoms with Gasteiger partial charge in [0.1, 0.15) is 5.75 Å². The smallest absolute Gasteiger partial charge is 0.264 e. The highest BCUT2D eigenvalue weighted by atomic mass is 32.1. The maximum atomic E-state index is 12.0. The van der Waals surface area contributed by atoms with E-state index in [-0.39, 0.29) is 17.6 Å². The van der Waals surface area contributed by atoms with E-state index in [4.69, 9.17) is 17.0 Å². The first-order valence-corrected chi connectivity index (χ1v) is 8.14. The molecule has 0 spiro atoms. The van der Waals surface area contributed by atoms with E-state index >= 15 is 0 Å². The second-order valence-electron chi connectivity index (χ2n) is 5.83. The Morgan fingerprint density at radius 1 is 1.04 bits per heavy atom. The molecule has 2 N–H and O–H groups in total. The number of benzene rings is 2. The van der Waals surface area contributed by atoms with Crippen molar-refractivity contribution in [3.05, 3.63) is 58.7 Å². The first-order valence-electron chi connectivity index (χ1n) is 7.74. The number of carbonyl (C=O) groups is 1. The van der Waals surface area contributed by atoms with Crippen LogP contribution in [0.4, 0.5) is 5.69 Å². The number of ether oxygens (including phenoxy) is 1. The quantitative estimate of drug-likeness (QED) is 0.830. The second-order valence-corrected chi connectivity index (χ2v) is 6.24. The predicted molar refractivity (Wildman–Crippen MR) is 102 cm³/mol. The third kappa shape index (κ3) is 4.80. The number of carbonyl (C=O) groups excluding carboxylic acids is 1. The summed E-state index contributed by atoms with van der Waals surface area (Å²) in [5.41, 5.74) is 5.26. The van der Waals surface area contributed by atoms with Gasteiger partial charge in [-0.1, -0.05) is 35.9 Å². The van der Waals surface area contributed by atoms with Gasteiger partial charge in [-0.25, -0.2) is 0 Å². The fourth-order valence-corrected chi connectivity index (χ4v) is 2.76. The van der Waals surface area contributed by atoms with Crippen LogP contribution in [0, 0.1) is 27.7 Å². The first-order chi connectivity index (χ1) is 11.4. The Balaban J connectivity index is 1.91. The fraction of sp³-hybridized carbons (Fsp3) is 0.263. The number of hydrogen-bond donors (Lipinski definition) is 2. The number of rotatable bonds is 4. The largest absolute Gasteiger partial charge is 0.483 e. The molecule has 0 heterocycles. The number of para-hydroxylation sites is 1. The van der Waals surface area contributed by atoms with Crippen molar-refractivity contribution in [1.29, 1.82) is 0 Å². The average molecular weight is 342 g/mol. The normalized spacial score (nSPS) is 10.2. The maximum Gasteiger partial charge on any atom is 0.264 e. The van der Waals surface area contributed by atoms with Crippen molar-refractivity contribution in [3.8, 4) is 5.75 Å². The van der Waals surface area contributed by atoms with Crippen molar-refractivity contribution in [2.24, 2.45) is 0 Å². The summed E-state index contributed by atoms with van der Waals surface area (Å²) in [6.45, 7) is 7.91. The molecule has 0 aliphatic rings. The zero-order valence-corrected chi connectivity index (χ0v) is 15.2. The molecular formula is C19H22N2O2S. The molecule has 0 aromatic heterocycles. The van der Waals surface area contributed by atoms with Crippen molar-refractivity contribution in [2.45, 2.75) is 27.7 Å². The summed E-state index contributed by atoms with van der Waals surface area (Å²) in [4.78, 5) is 12.0. The number of thiocarbonyl (C=S) groups is 1. The van der Waals surface area contributed by atoms with Crippen LogP contribution in [0.3, 0.4) is 0 Å². The summed E-state index contributed by atoms with van der Waals surface area (Å²) < 4.78 is 5.51. The van der Waals surface area contributed by atoms with E-state index in [1.54, 1.807) is 0 Å². The number of hydrogen-bond acceptors (Lipinski definition) is 3. The van der Waals surface area contributed by atoms with E-state index in [1.165, 1.54) is 5.56 Å². The zero-order valence-electron chi connectivity index (χ0n) is 14.4. The summed E-state index contributed by atoms with van der Waals surface area (Å²) in [5.74, 6) is 0.398. The molecule has 2 aromatic carbocycles. The topological polar surface area (TPSA) is 50.4 Å². The Labute approximate surface area is 148 Å². The van der Waals surface area contributed by atoms with Crippen LogP contribution in [-0.4, -0.2) is 17.6 Å². The van der Waals surface area contributed by atoms with Gasteiger partial charge in [0, 0.05) is 5.69 Å². The van der Waals surface area contributed by atoms with Gasteiger partial charge < -0.3 is 10.1 Å². The lowest BCUT2D eigenvalue weighted by molar-refractivity contribution is -0.121. The lowest BCUT2D eigenvalue weighted by Gasteiger charge is -2.15. The van der Waals surface area contributed by atoms with Gasteiger partial charge in [-0.05, 0) is 62.7 Å². The molecule has 0 aliphatic carbocycles. The Bertz CT molecular complexity index is 749. The van der Waals surface area contributed by atoms with Gasteiger partial charge in [-0.2, -0.15) is 0 Å². The second kappa shape index (κ2) is 7.93. The highest BCUT2D eigenvalue weighted by Crippen LogP contribution is 2.21. The maximum absolute atomic E-state index is 12.0.